The first-order chi connectivity index (χ1) is 15.4. The monoisotopic (exact) mass is 475 g/mol. The van der Waals surface area contributed by atoms with Crippen LogP contribution in [0, 0.1) is 0 Å². The number of benzene rings is 2. The number of aliphatic hydroxyl groups is 1. The van der Waals surface area contributed by atoms with Crippen molar-refractivity contribution in [2.45, 2.75) is 55.4 Å². The predicted molar refractivity (Wildman–Crippen MR) is 134 cm³/mol. The zero-order valence-corrected chi connectivity index (χ0v) is 20.3. The molecule has 0 saturated heterocycles. The molecule has 0 aromatic heterocycles. The Labute approximate surface area is 199 Å². The molecule has 0 saturated carbocycles. The van der Waals surface area contributed by atoms with E-state index >= 15 is 0 Å². The van der Waals surface area contributed by atoms with E-state index in [-0.39, 0.29) is 0 Å². The van der Waals surface area contributed by atoms with Crippen LogP contribution in [0.3, 0.4) is 0 Å². The van der Waals surface area contributed by atoms with Crippen molar-refractivity contribution in [1.82, 2.24) is 10.9 Å². The number of carbonyl (C=O) groups excluding carboxylic acids is 2. The summed E-state index contributed by atoms with van der Waals surface area (Å²) in [7, 11) is 0. The van der Waals surface area contributed by atoms with Gasteiger partial charge in [-0.2, -0.15) is 11.8 Å². The molecule has 2 amide bonds. The van der Waals surface area contributed by atoms with E-state index in [1.807, 2.05) is 18.2 Å². The van der Waals surface area contributed by atoms with Crippen LogP contribution in [0.1, 0.15) is 42.6 Å². The molecular formula is C24H33N3O3S2. The van der Waals surface area contributed by atoms with E-state index in [9.17, 15) is 14.7 Å². The highest BCUT2D eigenvalue weighted by molar-refractivity contribution is 7.99. The lowest BCUT2D eigenvalue weighted by Gasteiger charge is -2.18. The first kappa shape index (κ1) is 26.3. The first-order valence-electron chi connectivity index (χ1n) is 10.8. The van der Waals surface area contributed by atoms with Gasteiger partial charge in [-0.05, 0) is 65.8 Å². The van der Waals surface area contributed by atoms with Gasteiger partial charge < -0.3 is 10.8 Å². The fourth-order valence-electron chi connectivity index (χ4n) is 2.87. The second kappa shape index (κ2) is 14.2. The number of aryl methyl sites for hydroxylation is 1. The fourth-order valence-corrected chi connectivity index (χ4v) is 4.60. The van der Waals surface area contributed by atoms with Crippen LogP contribution in [0.15, 0.2) is 59.5 Å². The average Bonchev–Trinajstić information content (AvgIpc) is 2.80. The number of rotatable bonds is 12. The van der Waals surface area contributed by atoms with Gasteiger partial charge in [-0.1, -0.05) is 44.2 Å². The lowest BCUT2D eigenvalue weighted by Crippen LogP contribution is -2.52. The van der Waals surface area contributed by atoms with E-state index in [2.05, 4.69) is 49.0 Å². The molecule has 0 spiro atoms. The van der Waals surface area contributed by atoms with Crippen LogP contribution in [0.25, 0.3) is 0 Å². The molecule has 6 nitrogen and oxygen atoms in total. The summed E-state index contributed by atoms with van der Waals surface area (Å²) in [5, 5.41) is 10.5. The number of hydrogen-bond acceptors (Lipinski definition) is 6. The van der Waals surface area contributed by atoms with Crippen LogP contribution in [0.5, 0.6) is 0 Å². The number of hydrazine groups is 1. The molecule has 0 bridgehead atoms. The second-order valence-corrected chi connectivity index (χ2v) is 10.6. The molecular weight excluding hydrogens is 442 g/mol. The van der Waals surface area contributed by atoms with Gasteiger partial charge >= 0.3 is 0 Å². The molecule has 8 heteroatoms. The average molecular weight is 476 g/mol. The molecule has 0 heterocycles. The van der Waals surface area contributed by atoms with E-state index in [4.69, 9.17) is 5.73 Å². The van der Waals surface area contributed by atoms with Crippen LogP contribution in [-0.2, 0) is 11.2 Å². The number of hydrogen-bond donors (Lipinski definition) is 4. The third-order valence-corrected chi connectivity index (χ3v) is 6.95. The molecule has 5 N–H and O–H groups in total. The third-order valence-electron chi connectivity index (χ3n) is 4.71. The van der Waals surface area contributed by atoms with Crippen molar-refractivity contribution in [2.24, 2.45) is 5.73 Å². The summed E-state index contributed by atoms with van der Waals surface area (Å²) in [5.74, 6) is 0.581. The highest BCUT2D eigenvalue weighted by Crippen LogP contribution is 2.20. The van der Waals surface area contributed by atoms with Crippen LogP contribution in [-0.4, -0.2) is 45.8 Å². The van der Waals surface area contributed by atoms with Crippen molar-refractivity contribution in [3.8, 4) is 0 Å². The summed E-state index contributed by atoms with van der Waals surface area (Å²) >= 11 is 3.46. The summed E-state index contributed by atoms with van der Waals surface area (Å²) in [6, 6.07) is 16.9. The van der Waals surface area contributed by atoms with Crippen LogP contribution < -0.4 is 16.6 Å². The van der Waals surface area contributed by atoms with Gasteiger partial charge in [0.1, 0.15) is 6.10 Å². The number of aliphatic hydroxyl groups excluding tert-OH is 1. The van der Waals surface area contributed by atoms with Gasteiger partial charge in [0.15, 0.2) is 0 Å². The second-order valence-electron chi connectivity index (χ2n) is 7.72. The van der Waals surface area contributed by atoms with Gasteiger partial charge in [0.2, 0.25) is 0 Å². The number of nitrogens with two attached hydrogens (primary N) is 1. The van der Waals surface area contributed by atoms with Crippen molar-refractivity contribution in [3.63, 3.8) is 0 Å². The minimum Gasteiger partial charge on any atom is -0.382 e. The standard InChI is InChI=1S/C24H33N3O3S2/c1-17(2)31-16-14-21(25)22(28)24(30)27-26-23(29)19-10-12-20(13-11-19)32-15-6-9-18-7-4-3-5-8-18/h3-5,7-8,10-13,17,21-22,28H,6,9,14-16,25H2,1-2H3,(H,26,29)(H,27,30)/t21-,22?/m1/s1. The Hall–Kier alpha value is -2.00. The number of nitrogens with one attached hydrogen (secondary N) is 2. The molecule has 0 aliphatic carbocycles. The molecule has 0 fully saturated rings. The van der Waals surface area contributed by atoms with Crippen molar-refractivity contribution < 1.29 is 14.7 Å². The van der Waals surface area contributed by atoms with Crippen molar-refractivity contribution >= 4 is 35.3 Å². The smallest absolute Gasteiger partial charge is 0.269 e. The number of thioether (sulfide) groups is 2. The van der Waals surface area contributed by atoms with E-state index in [0.29, 0.717) is 17.2 Å². The Morgan fingerprint density at radius 1 is 1.00 bits per heavy atom. The fraction of sp³-hybridized carbons (Fsp3) is 0.417. The first-order valence-corrected chi connectivity index (χ1v) is 12.8. The Kier molecular flexibility index (Phi) is 11.7. The number of amides is 2. The largest absolute Gasteiger partial charge is 0.382 e. The molecule has 32 heavy (non-hydrogen) atoms. The van der Waals surface area contributed by atoms with Crippen LogP contribution >= 0.6 is 23.5 Å². The highest BCUT2D eigenvalue weighted by atomic mass is 32.2. The number of carbonyl (C=O) groups is 2. The minimum atomic E-state index is -1.38. The highest BCUT2D eigenvalue weighted by Gasteiger charge is 2.23. The molecule has 2 aromatic rings. The lowest BCUT2D eigenvalue weighted by atomic mass is 10.1. The summed E-state index contributed by atoms with van der Waals surface area (Å²) < 4.78 is 0. The van der Waals surface area contributed by atoms with Crippen LogP contribution in [0.2, 0.25) is 0 Å². The maximum absolute atomic E-state index is 12.3. The topological polar surface area (TPSA) is 104 Å². The molecule has 0 radical (unpaired) electrons. The van der Waals surface area contributed by atoms with E-state index in [1.54, 1.807) is 35.7 Å². The van der Waals surface area contributed by atoms with Gasteiger partial charge in [0, 0.05) is 16.5 Å². The van der Waals surface area contributed by atoms with Gasteiger partial charge in [-0.15, -0.1) is 11.8 Å². The molecule has 174 valence electrons. The Morgan fingerprint density at radius 3 is 2.34 bits per heavy atom. The van der Waals surface area contributed by atoms with Gasteiger partial charge in [0.25, 0.3) is 11.8 Å². The zero-order valence-electron chi connectivity index (χ0n) is 18.6. The molecule has 0 aliphatic heterocycles. The van der Waals surface area contributed by atoms with Crippen molar-refractivity contribution in [3.05, 3.63) is 65.7 Å². The van der Waals surface area contributed by atoms with Gasteiger partial charge in [-0.3, -0.25) is 20.4 Å². The normalized spacial score (nSPS) is 12.9. The van der Waals surface area contributed by atoms with Gasteiger partial charge in [-0.25, -0.2) is 0 Å². The van der Waals surface area contributed by atoms with Crippen molar-refractivity contribution in [2.75, 3.05) is 11.5 Å². The van der Waals surface area contributed by atoms with Gasteiger partial charge in [0.05, 0.1) is 0 Å². The Balaban J connectivity index is 1.69. The Morgan fingerprint density at radius 2 is 1.69 bits per heavy atom. The van der Waals surface area contributed by atoms with Crippen molar-refractivity contribution in [1.29, 1.82) is 0 Å². The minimum absolute atomic E-state index is 0.422. The Bertz CT molecular complexity index is 832. The third kappa shape index (κ3) is 9.65. The summed E-state index contributed by atoms with van der Waals surface area (Å²) in [5.41, 5.74) is 12.2. The van der Waals surface area contributed by atoms with E-state index in [1.165, 1.54) is 5.56 Å². The molecule has 1 unspecified atom stereocenters. The molecule has 2 atom stereocenters. The summed E-state index contributed by atoms with van der Waals surface area (Å²) in [4.78, 5) is 25.4. The zero-order chi connectivity index (χ0) is 23.3. The lowest BCUT2D eigenvalue weighted by molar-refractivity contribution is -0.131. The SMILES string of the molecule is CC(C)SCC[C@@H](N)C(O)C(=O)NNC(=O)c1ccc(SCCCc2ccccc2)cc1. The van der Waals surface area contributed by atoms with Crippen LogP contribution in [0.4, 0.5) is 0 Å². The van der Waals surface area contributed by atoms with E-state index in [0.717, 1.165) is 29.2 Å². The van der Waals surface area contributed by atoms with E-state index < -0.39 is 24.0 Å². The predicted octanol–water partition coefficient (Wildman–Crippen LogP) is 3.39. The molecule has 2 aromatic carbocycles. The molecule has 0 aliphatic rings. The summed E-state index contributed by atoms with van der Waals surface area (Å²) in [6.45, 7) is 4.15. The quantitative estimate of drug-likeness (QED) is 0.213. The maximum Gasteiger partial charge on any atom is 0.269 e. The maximum atomic E-state index is 12.3. The molecule has 2 rings (SSSR count). The summed E-state index contributed by atoms with van der Waals surface area (Å²) in [6.07, 6.45) is 1.25.